The molecule has 2 amide bonds. The van der Waals surface area contributed by atoms with Gasteiger partial charge in [0.05, 0.1) is 18.0 Å². The van der Waals surface area contributed by atoms with Crippen LogP contribution in [0.3, 0.4) is 0 Å². The number of nitrogens with zero attached hydrogens (tertiary/aromatic N) is 2. The fourth-order valence-electron chi connectivity index (χ4n) is 2.97. The zero-order valence-electron chi connectivity index (χ0n) is 15.4. The second-order valence-corrected chi connectivity index (χ2v) is 6.18. The van der Waals surface area contributed by atoms with E-state index in [-0.39, 0.29) is 6.03 Å². The third-order valence-electron chi connectivity index (χ3n) is 4.22. The van der Waals surface area contributed by atoms with Crippen LogP contribution in [0.5, 0.6) is 5.75 Å². The summed E-state index contributed by atoms with van der Waals surface area (Å²) in [4.78, 5) is 17.1. The molecular weight excluding hydrogens is 352 g/mol. The number of aromatic nitrogens is 2. The second kappa shape index (κ2) is 7.84. The van der Waals surface area contributed by atoms with Gasteiger partial charge >= 0.3 is 6.03 Å². The highest BCUT2D eigenvalue weighted by Gasteiger charge is 2.09. The number of pyridine rings is 1. The molecule has 4 aromatic rings. The first-order valence-electron chi connectivity index (χ1n) is 9.07. The number of ether oxygens (including phenoxy) is 1. The quantitative estimate of drug-likeness (QED) is 0.515. The number of hydrogen-bond acceptors (Lipinski definition) is 3. The average molecular weight is 372 g/mol. The summed E-state index contributed by atoms with van der Waals surface area (Å²) in [6.45, 7) is 2.43. The summed E-state index contributed by atoms with van der Waals surface area (Å²) >= 11 is 0. The SMILES string of the molecule is CCOc1ccccc1NC(=O)Nc1cccc(-c2cn3ccccc3n2)c1. The molecule has 2 aromatic carbocycles. The van der Waals surface area contributed by atoms with E-state index in [0.29, 0.717) is 23.7 Å². The molecule has 0 spiro atoms. The Balaban J connectivity index is 1.51. The molecule has 0 aliphatic carbocycles. The van der Waals surface area contributed by atoms with Gasteiger partial charge in [-0.05, 0) is 43.3 Å². The summed E-state index contributed by atoms with van der Waals surface area (Å²) in [5.41, 5.74) is 3.95. The van der Waals surface area contributed by atoms with E-state index < -0.39 is 0 Å². The lowest BCUT2D eigenvalue weighted by Gasteiger charge is -2.12. The minimum absolute atomic E-state index is 0.334. The summed E-state index contributed by atoms with van der Waals surface area (Å²) in [6, 6.07) is 20.5. The lowest BCUT2D eigenvalue weighted by atomic mass is 10.1. The van der Waals surface area contributed by atoms with Crippen LogP contribution in [0, 0.1) is 0 Å². The summed E-state index contributed by atoms with van der Waals surface area (Å²) in [5.74, 6) is 0.638. The molecule has 4 rings (SSSR count). The number of urea groups is 1. The van der Waals surface area contributed by atoms with E-state index in [9.17, 15) is 4.79 Å². The molecule has 0 aliphatic heterocycles. The van der Waals surface area contributed by atoms with Crippen LogP contribution >= 0.6 is 0 Å². The van der Waals surface area contributed by atoms with Crippen molar-refractivity contribution >= 4 is 23.1 Å². The van der Waals surface area contributed by atoms with Crippen molar-refractivity contribution in [3.8, 4) is 17.0 Å². The third-order valence-corrected chi connectivity index (χ3v) is 4.22. The van der Waals surface area contributed by atoms with E-state index in [4.69, 9.17) is 4.74 Å². The van der Waals surface area contributed by atoms with Gasteiger partial charge in [-0.3, -0.25) is 0 Å². The van der Waals surface area contributed by atoms with Crippen LogP contribution in [0.25, 0.3) is 16.9 Å². The molecule has 0 radical (unpaired) electrons. The van der Waals surface area contributed by atoms with Crippen LogP contribution in [-0.4, -0.2) is 22.0 Å². The number of carbonyl (C=O) groups excluding carboxylic acids is 1. The van der Waals surface area contributed by atoms with E-state index in [1.54, 1.807) is 6.07 Å². The number of carbonyl (C=O) groups is 1. The van der Waals surface area contributed by atoms with E-state index in [2.05, 4.69) is 15.6 Å². The number of rotatable bonds is 5. The van der Waals surface area contributed by atoms with Crippen LogP contribution in [0.4, 0.5) is 16.2 Å². The van der Waals surface area contributed by atoms with Crippen LogP contribution in [0.1, 0.15) is 6.92 Å². The van der Waals surface area contributed by atoms with Crippen molar-refractivity contribution in [3.63, 3.8) is 0 Å². The van der Waals surface area contributed by atoms with E-state index in [1.165, 1.54) is 0 Å². The molecule has 2 N–H and O–H groups in total. The normalized spacial score (nSPS) is 10.6. The predicted octanol–water partition coefficient (Wildman–Crippen LogP) is 5.04. The number of fused-ring (bicyclic) bond motifs is 1. The molecule has 0 fully saturated rings. The van der Waals surface area contributed by atoms with Gasteiger partial charge in [-0.2, -0.15) is 0 Å². The lowest BCUT2D eigenvalue weighted by Crippen LogP contribution is -2.19. The Kier molecular flexibility index (Phi) is 4.93. The van der Waals surface area contributed by atoms with Gasteiger partial charge in [-0.25, -0.2) is 9.78 Å². The summed E-state index contributed by atoms with van der Waals surface area (Å²) in [5, 5.41) is 5.69. The number of amides is 2. The van der Waals surface area contributed by atoms with Gasteiger partial charge in [0.1, 0.15) is 11.4 Å². The van der Waals surface area contributed by atoms with Gasteiger partial charge in [0.25, 0.3) is 0 Å². The Morgan fingerprint density at radius 2 is 1.89 bits per heavy atom. The maximum Gasteiger partial charge on any atom is 0.323 e. The van der Waals surface area contributed by atoms with Crippen LogP contribution in [-0.2, 0) is 0 Å². The fourth-order valence-corrected chi connectivity index (χ4v) is 2.97. The minimum atomic E-state index is -0.334. The Morgan fingerprint density at radius 1 is 1.04 bits per heavy atom. The van der Waals surface area contributed by atoms with Crippen molar-refractivity contribution < 1.29 is 9.53 Å². The monoisotopic (exact) mass is 372 g/mol. The molecular formula is C22H20N4O2. The molecule has 2 heterocycles. The molecule has 140 valence electrons. The average Bonchev–Trinajstić information content (AvgIpc) is 3.14. The minimum Gasteiger partial charge on any atom is -0.492 e. The predicted molar refractivity (Wildman–Crippen MR) is 111 cm³/mol. The van der Waals surface area contributed by atoms with Crippen molar-refractivity contribution in [2.75, 3.05) is 17.2 Å². The molecule has 2 aromatic heterocycles. The number of anilines is 2. The van der Waals surface area contributed by atoms with Crippen molar-refractivity contribution in [3.05, 3.63) is 79.1 Å². The Morgan fingerprint density at radius 3 is 2.75 bits per heavy atom. The first-order chi connectivity index (χ1) is 13.7. The van der Waals surface area contributed by atoms with E-state index in [0.717, 1.165) is 16.9 Å². The molecule has 0 saturated heterocycles. The highest BCUT2D eigenvalue weighted by Crippen LogP contribution is 2.25. The van der Waals surface area contributed by atoms with Crippen molar-refractivity contribution in [1.82, 2.24) is 9.38 Å². The van der Waals surface area contributed by atoms with Gasteiger partial charge in [-0.15, -0.1) is 0 Å². The van der Waals surface area contributed by atoms with Crippen molar-refractivity contribution in [2.24, 2.45) is 0 Å². The summed E-state index contributed by atoms with van der Waals surface area (Å²) < 4.78 is 7.51. The van der Waals surface area contributed by atoms with Gasteiger partial charge in [0.2, 0.25) is 0 Å². The fraction of sp³-hybridized carbons (Fsp3) is 0.0909. The Labute approximate surface area is 162 Å². The number of benzene rings is 2. The van der Waals surface area contributed by atoms with Gasteiger partial charge < -0.3 is 19.8 Å². The molecule has 28 heavy (non-hydrogen) atoms. The zero-order valence-corrected chi connectivity index (χ0v) is 15.4. The number of nitrogens with one attached hydrogen (secondary N) is 2. The highest BCUT2D eigenvalue weighted by molar-refractivity contribution is 6.01. The Hall–Kier alpha value is -3.80. The molecule has 0 saturated carbocycles. The lowest BCUT2D eigenvalue weighted by molar-refractivity contribution is 0.262. The number of imidazole rings is 1. The van der Waals surface area contributed by atoms with Crippen LogP contribution in [0.15, 0.2) is 79.1 Å². The zero-order chi connectivity index (χ0) is 19.3. The molecule has 6 nitrogen and oxygen atoms in total. The van der Waals surface area contributed by atoms with Crippen LogP contribution < -0.4 is 15.4 Å². The van der Waals surface area contributed by atoms with Gasteiger partial charge in [0, 0.05) is 23.6 Å². The summed E-state index contributed by atoms with van der Waals surface area (Å²) in [7, 11) is 0. The van der Waals surface area contributed by atoms with Gasteiger partial charge in [-0.1, -0.05) is 30.3 Å². The number of hydrogen-bond donors (Lipinski definition) is 2. The van der Waals surface area contributed by atoms with E-state index in [1.807, 2.05) is 84.4 Å². The summed E-state index contributed by atoms with van der Waals surface area (Å²) in [6.07, 6.45) is 3.92. The molecule has 6 heteroatoms. The van der Waals surface area contributed by atoms with Crippen molar-refractivity contribution in [1.29, 1.82) is 0 Å². The first-order valence-corrected chi connectivity index (χ1v) is 9.07. The smallest absolute Gasteiger partial charge is 0.323 e. The molecule has 0 aliphatic rings. The van der Waals surface area contributed by atoms with Crippen molar-refractivity contribution in [2.45, 2.75) is 6.92 Å². The maximum atomic E-state index is 12.4. The van der Waals surface area contributed by atoms with Gasteiger partial charge in [0.15, 0.2) is 0 Å². The standard InChI is InChI=1S/C22H20N4O2/c1-2-28-20-11-4-3-10-18(20)25-22(27)23-17-9-7-8-16(14-17)19-15-26-13-6-5-12-21(26)24-19/h3-15H,2H2,1H3,(H2,23,25,27). The van der Waals surface area contributed by atoms with E-state index >= 15 is 0 Å². The topological polar surface area (TPSA) is 67.7 Å². The largest absolute Gasteiger partial charge is 0.492 e. The first kappa shape index (κ1) is 17.6. The second-order valence-electron chi connectivity index (χ2n) is 6.18. The van der Waals surface area contributed by atoms with Crippen LogP contribution in [0.2, 0.25) is 0 Å². The third kappa shape index (κ3) is 3.81. The Bertz CT molecular complexity index is 1090. The number of para-hydroxylation sites is 2. The highest BCUT2D eigenvalue weighted by atomic mass is 16.5. The molecule has 0 unspecified atom stereocenters. The maximum absolute atomic E-state index is 12.4. The molecule has 0 atom stereocenters. The molecule has 0 bridgehead atoms.